The fraction of sp³-hybridized carbons (Fsp3) is 0. The summed E-state index contributed by atoms with van der Waals surface area (Å²) in [5, 5.41) is 8.55. The van der Waals surface area contributed by atoms with E-state index in [1.165, 1.54) is 58.3 Å². The van der Waals surface area contributed by atoms with Crippen LogP contribution in [-0.4, -0.2) is 4.40 Å². The first-order valence-corrected chi connectivity index (χ1v) is 10.2. The first-order valence-electron chi connectivity index (χ1n) is 8.99. The van der Waals surface area contributed by atoms with E-state index in [9.17, 15) is 0 Å². The molecule has 0 atom stereocenters. The van der Waals surface area contributed by atoms with Crippen molar-refractivity contribution in [1.82, 2.24) is 4.40 Å². The molecule has 1 nitrogen and oxygen atoms in total. The van der Waals surface area contributed by atoms with Crippen LogP contribution < -0.4 is 0 Å². The van der Waals surface area contributed by atoms with Crippen molar-refractivity contribution in [3.63, 3.8) is 0 Å². The molecule has 0 aliphatic carbocycles. The van der Waals surface area contributed by atoms with Crippen LogP contribution in [0.1, 0.15) is 0 Å². The molecule has 4 aromatic carbocycles. The lowest BCUT2D eigenvalue weighted by atomic mass is 10.0. The SMILES string of the molecule is Clc1cc2sc3cccc4c3c2c(c1)c1cccc2c3ccccc3n4c12. The van der Waals surface area contributed by atoms with Gasteiger partial charge in [-0.05, 0) is 35.7 Å². The average Bonchev–Trinajstić information content (AvgIpc) is 3.18. The second kappa shape index (κ2) is 4.72. The Morgan fingerprint density at radius 3 is 2.30 bits per heavy atom. The van der Waals surface area contributed by atoms with Gasteiger partial charge >= 0.3 is 0 Å². The Hall–Kier alpha value is -2.81. The van der Waals surface area contributed by atoms with Gasteiger partial charge < -0.3 is 4.40 Å². The summed E-state index contributed by atoms with van der Waals surface area (Å²) in [6.45, 7) is 0. The number of hydrogen-bond donors (Lipinski definition) is 0. The smallest absolute Gasteiger partial charge is 0.0619 e. The highest BCUT2D eigenvalue weighted by molar-refractivity contribution is 7.26. The van der Waals surface area contributed by atoms with Gasteiger partial charge in [0.05, 0.1) is 16.6 Å². The predicted octanol–water partition coefficient (Wildman–Crippen LogP) is 7.86. The van der Waals surface area contributed by atoms with Crippen LogP contribution in [0.3, 0.4) is 0 Å². The molecule has 0 bridgehead atoms. The maximum atomic E-state index is 6.54. The van der Waals surface area contributed by atoms with E-state index in [0.717, 1.165) is 5.02 Å². The molecule has 27 heavy (non-hydrogen) atoms. The number of thiophene rings is 1. The van der Waals surface area contributed by atoms with Crippen LogP contribution in [0.4, 0.5) is 0 Å². The molecule has 0 aliphatic rings. The van der Waals surface area contributed by atoms with Crippen molar-refractivity contribution < 1.29 is 0 Å². The molecule has 126 valence electrons. The lowest BCUT2D eigenvalue weighted by molar-refractivity contribution is 1.36. The molecule has 0 radical (unpaired) electrons. The molecule has 0 amide bonds. The van der Waals surface area contributed by atoms with Gasteiger partial charge in [-0.3, -0.25) is 0 Å². The van der Waals surface area contributed by atoms with Crippen molar-refractivity contribution in [3.05, 3.63) is 77.8 Å². The first-order chi connectivity index (χ1) is 13.3. The molecule has 0 saturated carbocycles. The molecular weight excluding hydrogens is 370 g/mol. The third kappa shape index (κ3) is 1.62. The minimum absolute atomic E-state index is 0.798. The number of rotatable bonds is 0. The summed E-state index contributed by atoms with van der Waals surface area (Å²) in [5.74, 6) is 0. The zero-order chi connectivity index (χ0) is 17.7. The summed E-state index contributed by atoms with van der Waals surface area (Å²) in [6.07, 6.45) is 0. The standard InChI is InChI=1S/C24H12ClNS/c25-13-11-17-16-7-3-6-15-14-5-1-2-8-18(14)26(24(15)16)19-9-4-10-20-23(19)22(17)21(12-13)27-20/h1-12H. The number of halogens is 1. The van der Waals surface area contributed by atoms with Gasteiger partial charge in [-0.1, -0.05) is 54.1 Å². The topological polar surface area (TPSA) is 4.41 Å². The van der Waals surface area contributed by atoms with E-state index >= 15 is 0 Å². The fourth-order valence-electron chi connectivity index (χ4n) is 4.78. The number of nitrogens with zero attached hydrogens (tertiary/aromatic N) is 1. The normalized spacial score (nSPS) is 12.6. The van der Waals surface area contributed by atoms with E-state index in [-0.39, 0.29) is 0 Å². The fourth-order valence-corrected chi connectivity index (χ4v) is 6.25. The predicted molar refractivity (Wildman–Crippen MR) is 119 cm³/mol. The Morgan fingerprint density at radius 2 is 1.37 bits per heavy atom. The Labute approximate surface area is 163 Å². The van der Waals surface area contributed by atoms with Crippen molar-refractivity contribution in [2.45, 2.75) is 0 Å². The average molecular weight is 382 g/mol. The molecular formula is C24H12ClNS. The van der Waals surface area contributed by atoms with Gasteiger partial charge in [0.2, 0.25) is 0 Å². The van der Waals surface area contributed by atoms with E-state index in [1.807, 2.05) is 11.3 Å². The summed E-state index contributed by atoms with van der Waals surface area (Å²) in [5.41, 5.74) is 3.79. The lowest BCUT2D eigenvalue weighted by Crippen LogP contribution is -1.84. The summed E-state index contributed by atoms with van der Waals surface area (Å²) in [4.78, 5) is 0. The molecule has 0 N–H and O–H groups in total. The maximum Gasteiger partial charge on any atom is 0.0619 e. The van der Waals surface area contributed by atoms with Crippen LogP contribution in [0, 0.1) is 0 Å². The van der Waals surface area contributed by atoms with Gasteiger partial charge in [0.15, 0.2) is 0 Å². The Bertz CT molecular complexity index is 1690. The summed E-state index contributed by atoms with van der Waals surface area (Å²) in [6, 6.07) is 26.2. The Morgan fingerprint density at radius 1 is 0.630 bits per heavy atom. The minimum atomic E-state index is 0.798. The monoisotopic (exact) mass is 381 g/mol. The van der Waals surface area contributed by atoms with Gasteiger partial charge in [-0.15, -0.1) is 11.3 Å². The zero-order valence-corrected chi connectivity index (χ0v) is 15.7. The lowest BCUT2D eigenvalue weighted by Gasteiger charge is -2.01. The highest BCUT2D eigenvalue weighted by atomic mass is 35.5. The number of para-hydroxylation sites is 2. The summed E-state index contributed by atoms with van der Waals surface area (Å²) in [7, 11) is 0. The van der Waals surface area contributed by atoms with Gasteiger partial charge in [-0.2, -0.15) is 0 Å². The number of hydrogen-bond acceptors (Lipinski definition) is 1. The Balaban J connectivity index is 2.05. The third-order valence-electron chi connectivity index (χ3n) is 5.77. The molecule has 7 aromatic rings. The second-order valence-electron chi connectivity index (χ2n) is 7.13. The highest BCUT2D eigenvalue weighted by Gasteiger charge is 2.19. The minimum Gasteiger partial charge on any atom is -0.308 e. The summed E-state index contributed by atoms with van der Waals surface area (Å²) < 4.78 is 5.01. The molecule has 0 spiro atoms. The molecule has 7 rings (SSSR count). The van der Waals surface area contributed by atoms with Crippen molar-refractivity contribution >= 4 is 81.2 Å². The number of fused-ring (bicyclic) bond motifs is 5. The molecule has 0 aliphatic heterocycles. The number of aromatic nitrogens is 1. The molecule has 3 aromatic heterocycles. The van der Waals surface area contributed by atoms with Crippen LogP contribution in [0.25, 0.3) is 58.3 Å². The highest BCUT2D eigenvalue weighted by Crippen LogP contribution is 2.45. The van der Waals surface area contributed by atoms with E-state index in [2.05, 4.69) is 77.2 Å². The molecule has 0 saturated heterocycles. The largest absolute Gasteiger partial charge is 0.308 e. The van der Waals surface area contributed by atoms with E-state index in [4.69, 9.17) is 11.6 Å². The molecule has 3 heterocycles. The third-order valence-corrected chi connectivity index (χ3v) is 7.09. The number of benzene rings is 4. The van der Waals surface area contributed by atoms with Crippen molar-refractivity contribution in [2.24, 2.45) is 0 Å². The van der Waals surface area contributed by atoms with Crippen molar-refractivity contribution in [3.8, 4) is 0 Å². The van der Waals surface area contributed by atoms with Crippen LogP contribution in [0.2, 0.25) is 5.02 Å². The van der Waals surface area contributed by atoms with Gasteiger partial charge in [0, 0.05) is 41.4 Å². The molecule has 3 heteroatoms. The van der Waals surface area contributed by atoms with Crippen molar-refractivity contribution in [1.29, 1.82) is 0 Å². The van der Waals surface area contributed by atoms with E-state index in [0.29, 0.717) is 0 Å². The van der Waals surface area contributed by atoms with Crippen LogP contribution in [0.15, 0.2) is 72.8 Å². The molecule has 0 fully saturated rings. The first kappa shape index (κ1) is 14.3. The van der Waals surface area contributed by atoms with Crippen LogP contribution >= 0.6 is 22.9 Å². The van der Waals surface area contributed by atoms with E-state index in [1.54, 1.807) is 0 Å². The quantitative estimate of drug-likeness (QED) is 0.252. The zero-order valence-electron chi connectivity index (χ0n) is 14.2. The second-order valence-corrected chi connectivity index (χ2v) is 8.65. The van der Waals surface area contributed by atoms with Gasteiger partial charge in [0.1, 0.15) is 0 Å². The maximum absolute atomic E-state index is 6.54. The van der Waals surface area contributed by atoms with Gasteiger partial charge in [-0.25, -0.2) is 0 Å². The van der Waals surface area contributed by atoms with Crippen LogP contribution in [-0.2, 0) is 0 Å². The molecule has 0 unspecified atom stereocenters. The van der Waals surface area contributed by atoms with Crippen molar-refractivity contribution in [2.75, 3.05) is 0 Å². The van der Waals surface area contributed by atoms with Crippen LogP contribution in [0.5, 0.6) is 0 Å². The van der Waals surface area contributed by atoms with Gasteiger partial charge in [0.25, 0.3) is 0 Å². The van der Waals surface area contributed by atoms with E-state index < -0.39 is 0 Å². The Kier molecular flexibility index (Phi) is 2.49. The summed E-state index contributed by atoms with van der Waals surface area (Å²) >= 11 is 8.37.